The lowest BCUT2D eigenvalue weighted by Gasteiger charge is -2.49. The Labute approximate surface area is 678 Å². The van der Waals surface area contributed by atoms with Crippen LogP contribution in [0.5, 0.6) is 17.2 Å². The van der Waals surface area contributed by atoms with Crippen LogP contribution in [-0.2, 0) is 49.5 Å². The van der Waals surface area contributed by atoms with E-state index in [1.165, 1.54) is 36.4 Å². The number of likely N-dealkylation sites (N-methyl/N-ethyl adjacent to an activating group) is 1. The van der Waals surface area contributed by atoms with Crippen molar-refractivity contribution in [2.24, 2.45) is 28.3 Å². The molecule has 11 aliphatic rings. The Balaban J connectivity index is 1.11. The summed E-state index contributed by atoms with van der Waals surface area (Å²) in [4.78, 5) is 91.0. The summed E-state index contributed by atoms with van der Waals surface area (Å²) >= 11 is 21.3. The van der Waals surface area contributed by atoms with Crippen molar-refractivity contribution in [2.45, 2.75) is 207 Å². The van der Waals surface area contributed by atoms with E-state index in [2.05, 4.69) is 37.2 Å². The number of rotatable bonds is 14. The number of halogens is 3. The Morgan fingerprint density at radius 1 is 0.817 bits per heavy atom. The van der Waals surface area contributed by atoms with Crippen LogP contribution < -0.4 is 62.9 Å². The van der Waals surface area contributed by atoms with Gasteiger partial charge in [-0.1, -0.05) is 85.6 Å². The van der Waals surface area contributed by atoms with E-state index in [0.717, 1.165) is 6.92 Å². The summed E-state index contributed by atoms with van der Waals surface area (Å²) in [5.74, 6) is -10.1. The zero-order chi connectivity index (χ0) is 82.8. The number of alkyl halides is 1. The van der Waals surface area contributed by atoms with E-state index in [1.54, 1.807) is 50.4 Å². The summed E-state index contributed by atoms with van der Waals surface area (Å²) in [6.07, 6.45) is -7.76. The second-order valence-electron chi connectivity index (χ2n) is 31.0. The molecule has 7 heterocycles. The van der Waals surface area contributed by atoms with Crippen LogP contribution in [0.1, 0.15) is 115 Å². The molecule has 13 bridgehead atoms. The van der Waals surface area contributed by atoms with E-state index in [0.29, 0.717) is 38.4 Å². The molecule has 0 radical (unpaired) electrons. The van der Waals surface area contributed by atoms with Crippen molar-refractivity contribution >= 4 is 76.1 Å². The van der Waals surface area contributed by atoms with Gasteiger partial charge in [-0.05, 0) is 151 Å². The van der Waals surface area contributed by atoms with Crippen molar-refractivity contribution in [3.63, 3.8) is 0 Å². The van der Waals surface area contributed by atoms with Gasteiger partial charge in [0.1, 0.15) is 65.9 Å². The first-order valence-corrected chi connectivity index (χ1v) is 39.4. The number of hydrogen-bond donors (Lipinski definition) is 18. The number of amidine groups is 1. The second-order valence-corrected chi connectivity index (χ2v) is 32.4. The van der Waals surface area contributed by atoms with E-state index >= 15 is 9.59 Å². The minimum atomic E-state index is -1.92. The molecule has 620 valence electrons. The maximum atomic E-state index is 15.6. The third-order valence-corrected chi connectivity index (χ3v) is 23.3. The maximum Gasteiger partial charge on any atom is 0.246 e. The second kappa shape index (κ2) is 36.5. The van der Waals surface area contributed by atoms with E-state index in [4.69, 9.17) is 79.7 Å². The molecule has 4 aliphatic carbocycles. The number of nitrogens with one attached hydrogen (secondary N) is 7. The Kier molecular flexibility index (Phi) is 27.2. The van der Waals surface area contributed by atoms with Gasteiger partial charge in [-0.2, -0.15) is 0 Å². The third kappa shape index (κ3) is 19.0. The molecule has 20 atom stereocenters. The molecule has 0 spiro atoms. The van der Waals surface area contributed by atoms with E-state index in [9.17, 15) is 65.1 Å². The van der Waals surface area contributed by atoms with Crippen LogP contribution in [0.3, 0.4) is 0 Å². The number of fused-ring (bicyclic) bond motifs is 21. The van der Waals surface area contributed by atoms with Crippen LogP contribution in [0, 0.1) is 11.8 Å². The van der Waals surface area contributed by atoms with Crippen LogP contribution in [0.2, 0.25) is 5.02 Å². The van der Waals surface area contributed by atoms with Crippen LogP contribution in [0.4, 0.5) is 0 Å². The van der Waals surface area contributed by atoms with Gasteiger partial charge < -0.3 is 123 Å². The summed E-state index contributed by atoms with van der Waals surface area (Å²) in [5, 5.41) is 125. The number of allylic oxidation sites excluding steroid dienone is 8. The van der Waals surface area contributed by atoms with Gasteiger partial charge in [0.25, 0.3) is 0 Å². The number of nitrogens with zero attached hydrogens (tertiary/aromatic N) is 1. The molecule has 34 heteroatoms. The number of ether oxygens (including phenoxy) is 6. The Morgan fingerprint density at radius 2 is 1.52 bits per heavy atom. The Hall–Kier alpha value is -8.58. The molecule has 8 unspecified atom stereocenters. The van der Waals surface area contributed by atoms with E-state index < -0.39 is 188 Å². The van der Waals surface area contributed by atoms with Gasteiger partial charge in [-0.15, -0.1) is 11.6 Å². The average Bonchev–Trinajstić information content (AvgIpc) is 1.55. The zero-order valence-electron chi connectivity index (χ0n) is 64.1. The molecular formula is C81H99Cl3N10O21. The molecule has 20 N–H and O–H groups in total. The summed E-state index contributed by atoms with van der Waals surface area (Å²) in [7, 11) is 1.54. The number of hydrogen-bond acceptors (Lipinski definition) is 25. The standard InChI is InChI=1S/C81H99Cl3N10O21/c1-35(2)19-53(87-6)76(106)94-68-70(103)42-13-18-58(52(84)23-42)112-60-25-44-24-59(72(60)115-80-73-65(71(104)61(34-97)113-80)49-21-39(8-16-47(49)40-10-14-45(82)15-11-40)31-89-81(5)29-63(114-73)110-36(3)74(81)105)111-57-17-12-41(22-51(57)83)69(102)67(90-37(4)98)78(108)92-55(33-96)50-26-46(99)27-56(100)64(50)48-20-38(7-9-43(48)32-95)30-88-75(86)66(44)93-77(107)54(28-62(85)101)91-79(68)109/h7-12,14-17,21,23-26,35-36,46,48,51,53-55,61,63,65-71,73-74,80,87,89,95-97,99-100,102-105H,13,18-20,22,27-34H2,1-6H3,(H2,85,101)(H2,86,88)(H,90,98)(H,91,109)(H,92,108)(H,93,107)(H,94,106)/t36?,46?,48?,51?,53-,54+,55-,61?,63+,65+,66-,67+,68-,69-,70-,71?,73?,74-,80-,81?/m1/s1. The van der Waals surface area contributed by atoms with Crippen molar-refractivity contribution in [3.8, 4) is 28.4 Å². The van der Waals surface area contributed by atoms with E-state index in [1.807, 2.05) is 39.0 Å². The number of carbonyl (C=O) groups excluding carboxylic acids is 6. The topological polar surface area (TPSA) is 488 Å². The highest BCUT2D eigenvalue weighted by Gasteiger charge is 2.54. The van der Waals surface area contributed by atoms with Crippen molar-refractivity contribution < 1.29 is 103 Å². The van der Waals surface area contributed by atoms with Gasteiger partial charge in [0, 0.05) is 60.7 Å². The normalized spacial score (nSPS) is 31.8. The highest BCUT2D eigenvalue weighted by Crippen LogP contribution is 2.51. The van der Waals surface area contributed by atoms with Crippen molar-refractivity contribution in [2.75, 3.05) is 33.4 Å². The monoisotopic (exact) mass is 1650 g/mol. The van der Waals surface area contributed by atoms with Gasteiger partial charge in [-0.25, -0.2) is 0 Å². The van der Waals surface area contributed by atoms with Gasteiger partial charge in [0.05, 0.1) is 85.5 Å². The molecule has 31 nitrogen and oxygen atoms in total. The van der Waals surface area contributed by atoms with Crippen molar-refractivity contribution in [1.82, 2.24) is 37.2 Å². The lowest BCUT2D eigenvalue weighted by molar-refractivity contribution is -0.317. The van der Waals surface area contributed by atoms with Crippen LogP contribution in [0.25, 0.3) is 11.1 Å². The lowest BCUT2D eigenvalue weighted by Crippen LogP contribution is -2.63. The minimum absolute atomic E-state index is 0.00220. The van der Waals surface area contributed by atoms with Crippen LogP contribution >= 0.6 is 34.8 Å². The van der Waals surface area contributed by atoms with Crippen LogP contribution in [0.15, 0.2) is 152 Å². The molecule has 0 saturated carbocycles. The van der Waals surface area contributed by atoms with E-state index in [-0.39, 0.29) is 131 Å². The van der Waals surface area contributed by atoms with Gasteiger partial charge in [0.2, 0.25) is 47.5 Å². The van der Waals surface area contributed by atoms with Gasteiger partial charge in [-0.3, -0.25) is 33.8 Å². The fraction of sp³-hybridized carbons (Fsp3) is 0.494. The summed E-state index contributed by atoms with van der Waals surface area (Å²) in [6, 6.07) is 5.65. The first-order valence-electron chi connectivity index (χ1n) is 38.2. The molecule has 6 amide bonds. The first-order chi connectivity index (χ1) is 54.8. The summed E-state index contributed by atoms with van der Waals surface area (Å²) in [6.45, 7) is 5.99. The molecule has 7 aliphatic heterocycles. The molecule has 2 fully saturated rings. The highest BCUT2D eigenvalue weighted by molar-refractivity contribution is 6.31. The molecule has 3 aromatic rings. The quantitative estimate of drug-likeness (QED) is 0.103. The summed E-state index contributed by atoms with van der Waals surface area (Å²) < 4.78 is 42.0. The maximum absolute atomic E-state index is 15.6. The van der Waals surface area contributed by atoms with Crippen molar-refractivity contribution in [3.05, 3.63) is 169 Å². The summed E-state index contributed by atoms with van der Waals surface area (Å²) in [5.41, 5.74) is 15.5. The zero-order valence-corrected chi connectivity index (χ0v) is 66.3. The number of carbonyl (C=O) groups is 6. The third-order valence-electron chi connectivity index (χ3n) is 22.3. The number of primary amides is 1. The number of aliphatic hydroxyl groups is 9. The Morgan fingerprint density at radius 3 is 2.18 bits per heavy atom. The van der Waals surface area contributed by atoms with Crippen LogP contribution in [-0.4, -0.2) is 223 Å². The number of aliphatic hydroxyl groups excluding tert-OH is 9. The van der Waals surface area contributed by atoms with Gasteiger partial charge >= 0.3 is 0 Å². The average molecular weight is 1660 g/mol. The first kappa shape index (κ1) is 85.8. The number of amides is 6. The predicted octanol–water partition coefficient (Wildman–Crippen LogP) is 2.83. The minimum Gasteiger partial charge on any atom is -0.512 e. The number of benzene rings is 3. The lowest BCUT2D eigenvalue weighted by atomic mass is 9.74. The molecule has 2 saturated heterocycles. The number of aliphatic imine (C=N–C) groups is 1. The molecule has 14 rings (SSSR count). The molecule has 115 heavy (non-hydrogen) atoms. The molecule has 3 aromatic carbocycles. The predicted molar refractivity (Wildman–Crippen MR) is 421 cm³/mol. The fourth-order valence-corrected chi connectivity index (χ4v) is 17.0. The fourth-order valence-electron chi connectivity index (χ4n) is 16.3. The highest BCUT2D eigenvalue weighted by atomic mass is 35.5. The van der Waals surface area contributed by atoms with Gasteiger partial charge in [0.15, 0.2) is 17.8 Å². The Bertz CT molecular complexity index is 4550. The smallest absolute Gasteiger partial charge is 0.246 e. The molecule has 0 aromatic heterocycles. The SMILES string of the molecule is CN[C@H](CC(C)C)C(=O)N[C@H]1C(=O)N[C@@H](CC(N)=O)C(=O)N[C@H]2C(N)=NCC3=CC=C(CO)C(C3)C3=C(O)CC(O)C=C3[C@@H](CO)NC(=O)[C@@H](NC(C)=O)[C@H](O)C3=CC=C(Oc4cc2cc(c4O[C@H]2OC(CO)C(O)[C@@H]4c5cc(ccc5-c5ccc(Cl)cc5)CNC5(C)C[C@H](OC24)OC(C)[C@H]5O)OC2=C(Cl)C=C(CC2)[C@H]1O)C(Cl)C3. The van der Waals surface area contributed by atoms with Crippen molar-refractivity contribution in [1.29, 1.82) is 0 Å². The molecular weight excluding hydrogens is 1560 g/mol. The largest absolute Gasteiger partial charge is 0.512 e. The number of nitrogens with two attached hydrogens (primary N) is 2.